The summed E-state index contributed by atoms with van der Waals surface area (Å²) in [6.45, 7) is 0. The van der Waals surface area contributed by atoms with Crippen LogP contribution in [0.1, 0.15) is 34.8 Å². The zero-order valence-corrected chi connectivity index (χ0v) is 14.0. The molecule has 1 aliphatic carbocycles. The van der Waals surface area contributed by atoms with Crippen LogP contribution in [-0.4, -0.2) is 22.8 Å². The first-order valence-corrected chi connectivity index (χ1v) is 8.35. The highest BCUT2D eigenvalue weighted by Crippen LogP contribution is 2.40. The Kier molecular flexibility index (Phi) is 3.98. The van der Waals surface area contributed by atoms with Crippen LogP contribution in [0.25, 0.3) is 5.69 Å². The van der Waals surface area contributed by atoms with Gasteiger partial charge in [-0.15, -0.1) is 0 Å². The SMILES string of the molecule is COc1cccc(C(=O)Nc2cc(C3CC3)nn2-c2ccccc2)c1. The van der Waals surface area contributed by atoms with E-state index in [9.17, 15) is 4.79 Å². The molecule has 1 fully saturated rings. The first-order valence-electron chi connectivity index (χ1n) is 8.35. The Morgan fingerprint density at radius 3 is 2.64 bits per heavy atom. The molecule has 0 aliphatic heterocycles. The summed E-state index contributed by atoms with van der Waals surface area (Å²) in [5, 5.41) is 7.69. The Morgan fingerprint density at radius 1 is 1.12 bits per heavy atom. The van der Waals surface area contributed by atoms with E-state index >= 15 is 0 Å². The molecule has 0 unspecified atom stereocenters. The molecule has 1 aliphatic rings. The summed E-state index contributed by atoms with van der Waals surface area (Å²) >= 11 is 0. The zero-order chi connectivity index (χ0) is 17.2. The van der Waals surface area contributed by atoms with Crippen molar-refractivity contribution in [2.75, 3.05) is 12.4 Å². The summed E-state index contributed by atoms with van der Waals surface area (Å²) in [5.74, 6) is 1.67. The molecule has 5 nitrogen and oxygen atoms in total. The summed E-state index contributed by atoms with van der Waals surface area (Å²) in [6, 6.07) is 18.9. The highest BCUT2D eigenvalue weighted by molar-refractivity contribution is 6.04. The Hall–Kier alpha value is -3.08. The number of anilines is 1. The molecule has 0 spiro atoms. The van der Waals surface area contributed by atoms with E-state index in [1.165, 1.54) is 0 Å². The van der Waals surface area contributed by atoms with Gasteiger partial charge in [-0.25, -0.2) is 4.68 Å². The van der Waals surface area contributed by atoms with E-state index in [0.29, 0.717) is 23.0 Å². The van der Waals surface area contributed by atoms with Gasteiger partial charge >= 0.3 is 0 Å². The second-order valence-electron chi connectivity index (χ2n) is 6.16. The first-order chi connectivity index (χ1) is 12.2. The lowest BCUT2D eigenvalue weighted by molar-refractivity contribution is 0.102. The Labute approximate surface area is 146 Å². The molecule has 0 bridgehead atoms. The normalized spacial score (nSPS) is 13.5. The van der Waals surface area contributed by atoms with Gasteiger partial charge in [-0.3, -0.25) is 4.79 Å². The zero-order valence-electron chi connectivity index (χ0n) is 14.0. The molecule has 0 radical (unpaired) electrons. The van der Waals surface area contributed by atoms with Crippen LogP contribution in [0.5, 0.6) is 5.75 Å². The van der Waals surface area contributed by atoms with Gasteiger partial charge in [-0.05, 0) is 43.2 Å². The number of ether oxygens (including phenoxy) is 1. The molecule has 25 heavy (non-hydrogen) atoms. The molecule has 1 aromatic heterocycles. The van der Waals surface area contributed by atoms with E-state index < -0.39 is 0 Å². The number of carbonyl (C=O) groups excluding carboxylic acids is 1. The van der Waals surface area contributed by atoms with Crippen molar-refractivity contribution in [3.8, 4) is 11.4 Å². The number of methoxy groups -OCH3 is 1. The van der Waals surface area contributed by atoms with Crippen molar-refractivity contribution in [1.29, 1.82) is 0 Å². The Balaban J connectivity index is 1.66. The van der Waals surface area contributed by atoms with Gasteiger partial charge in [-0.2, -0.15) is 5.10 Å². The standard InChI is InChI=1S/C20H19N3O2/c1-25-17-9-5-6-15(12-17)20(24)21-19-13-18(14-10-11-14)22-23(19)16-7-3-2-4-8-16/h2-9,12-14H,10-11H2,1H3,(H,21,24). The van der Waals surface area contributed by atoms with Crippen LogP contribution in [0.15, 0.2) is 60.7 Å². The number of carbonyl (C=O) groups is 1. The first kappa shape index (κ1) is 15.4. The molecule has 1 N–H and O–H groups in total. The predicted molar refractivity (Wildman–Crippen MR) is 96.5 cm³/mol. The van der Waals surface area contributed by atoms with Gasteiger partial charge in [-0.1, -0.05) is 24.3 Å². The fourth-order valence-electron chi connectivity index (χ4n) is 2.79. The molecule has 126 valence electrons. The third-order valence-corrected chi connectivity index (χ3v) is 4.30. The molecule has 3 aromatic rings. The van der Waals surface area contributed by atoms with Gasteiger partial charge in [0, 0.05) is 17.5 Å². The van der Waals surface area contributed by atoms with E-state index in [1.54, 1.807) is 30.0 Å². The highest BCUT2D eigenvalue weighted by Gasteiger charge is 2.28. The number of amides is 1. The minimum absolute atomic E-state index is 0.182. The summed E-state index contributed by atoms with van der Waals surface area (Å²) in [5.41, 5.74) is 2.51. The lowest BCUT2D eigenvalue weighted by Gasteiger charge is -2.09. The van der Waals surface area contributed by atoms with E-state index in [0.717, 1.165) is 24.2 Å². The quantitative estimate of drug-likeness (QED) is 0.767. The lowest BCUT2D eigenvalue weighted by Crippen LogP contribution is -2.15. The van der Waals surface area contributed by atoms with Crippen LogP contribution in [0, 0.1) is 0 Å². The van der Waals surface area contributed by atoms with Crippen LogP contribution >= 0.6 is 0 Å². The Morgan fingerprint density at radius 2 is 1.92 bits per heavy atom. The molecule has 4 rings (SSSR count). The van der Waals surface area contributed by atoms with Crippen molar-refractivity contribution in [3.05, 3.63) is 71.9 Å². The minimum atomic E-state index is -0.182. The van der Waals surface area contributed by atoms with Crippen LogP contribution in [0.3, 0.4) is 0 Å². The second kappa shape index (κ2) is 6.43. The topological polar surface area (TPSA) is 56.1 Å². The molecule has 1 heterocycles. The maximum absolute atomic E-state index is 12.7. The van der Waals surface area contributed by atoms with E-state index in [1.807, 2.05) is 42.5 Å². The number of para-hydroxylation sites is 1. The minimum Gasteiger partial charge on any atom is -0.497 e. The number of rotatable bonds is 5. The van der Waals surface area contributed by atoms with Crippen molar-refractivity contribution in [3.63, 3.8) is 0 Å². The molecule has 5 heteroatoms. The van der Waals surface area contributed by atoms with Crippen LogP contribution in [0.4, 0.5) is 5.82 Å². The van der Waals surface area contributed by atoms with Crippen molar-refractivity contribution in [2.45, 2.75) is 18.8 Å². The molecule has 0 atom stereocenters. The Bertz CT molecular complexity index is 898. The summed E-state index contributed by atoms with van der Waals surface area (Å²) < 4.78 is 6.99. The summed E-state index contributed by atoms with van der Waals surface area (Å²) in [7, 11) is 1.59. The number of nitrogens with zero attached hydrogens (tertiary/aromatic N) is 2. The highest BCUT2D eigenvalue weighted by atomic mass is 16.5. The molecular formula is C20H19N3O2. The van der Waals surface area contributed by atoms with Gasteiger partial charge in [0.2, 0.25) is 0 Å². The molecular weight excluding hydrogens is 314 g/mol. The van der Waals surface area contributed by atoms with Crippen molar-refractivity contribution >= 4 is 11.7 Å². The van der Waals surface area contributed by atoms with Gasteiger partial charge < -0.3 is 10.1 Å². The smallest absolute Gasteiger partial charge is 0.256 e. The van der Waals surface area contributed by atoms with E-state index in [4.69, 9.17) is 9.84 Å². The summed E-state index contributed by atoms with van der Waals surface area (Å²) in [6.07, 6.45) is 2.32. The van der Waals surface area contributed by atoms with Crippen molar-refractivity contribution in [1.82, 2.24) is 9.78 Å². The van der Waals surface area contributed by atoms with Gasteiger partial charge in [0.15, 0.2) is 0 Å². The average Bonchev–Trinajstić information content (AvgIpc) is 3.43. The number of nitrogens with one attached hydrogen (secondary N) is 1. The second-order valence-corrected chi connectivity index (χ2v) is 6.16. The van der Waals surface area contributed by atoms with E-state index in [2.05, 4.69) is 5.32 Å². The average molecular weight is 333 g/mol. The van der Waals surface area contributed by atoms with Gasteiger partial charge in [0.25, 0.3) is 5.91 Å². The van der Waals surface area contributed by atoms with Crippen molar-refractivity contribution in [2.24, 2.45) is 0 Å². The monoisotopic (exact) mass is 333 g/mol. The third kappa shape index (κ3) is 3.26. The fraction of sp³-hybridized carbons (Fsp3) is 0.200. The molecule has 2 aromatic carbocycles. The fourth-order valence-corrected chi connectivity index (χ4v) is 2.79. The third-order valence-electron chi connectivity index (χ3n) is 4.30. The van der Waals surface area contributed by atoms with E-state index in [-0.39, 0.29) is 5.91 Å². The number of aromatic nitrogens is 2. The largest absolute Gasteiger partial charge is 0.497 e. The van der Waals surface area contributed by atoms with Crippen molar-refractivity contribution < 1.29 is 9.53 Å². The molecule has 0 saturated heterocycles. The number of hydrogen-bond acceptors (Lipinski definition) is 3. The number of benzene rings is 2. The van der Waals surface area contributed by atoms with Crippen LogP contribution < -0.4 is 10.1 Å². The summed E-state index contributed by atoms with van der Waals surface area (Å²) in [4.78, 5) is 12.7. The van der Waals surface area contributed by atoms with Gasteiger partial charge in [0.1, 0.15) is 11.6 Å². The maximum Gasteiger partial charge on any atom is 0.256 e. The predicted octanol–water partition coefficient (Wildman–Crippen LogP) is 4.01. The van der Waals surface area contributed by atoms with Crippen LogP contribution in [0.2, 0.25) is 0 Å². The van der Waals surface area contributed by atoms with Crippen LogP contribution in [-0.2, 0) is 0 Å². The lowest BCUT2D eigenvalue weighted by atomic mass is 10.2. The number of hydrogen-bond donors (Lipinski definition) is 1. The van der Waals surface area contributed by atoms with Gasteiger partial charge in [0.05, 0.1) is 18.5 Å². The molecule has 1 amide bonds. The maximum atomic E-state index is 12.7. The molecule has 1 saturated carbocycles.